The van der Waals surface area contributed by atoms with E-state index in [2.05, 4.69) is 59.5 Å². The second-order valence-corrected chi connectivity index (χ2v) is 4.65. The van der Waals surface area contributed by atoms with E-state index in [0.29, 0.717) is 0 Å². The number of nitrogens with zero attached hydrogens (tertiary/aromatic N) is 1. The molecule has 1 nitrogen and oxygen atoms in total. The van der Waals surface area contributed by atoms with Crippen LogP contribution in [0.2, 0.25) is 0 Å². The van der Waals surface area contributed by atoms with Gasteiger partial charge in [0, 0.05) is 24.2 Å². The van der Waals surface area contributed by atoms with Crippen molar-refractivity contribution in [2.45, 2.75) is 0 Å². The molecule has 17 heavy (non-hydrogen) atoms. The lowest BCUT2D eigenvalue weighted by Crippen LogP contribution is -1.92. The van der Waals surface area contributed by atoms with Gasteiger partial charge in [0.25, 0.3) is 0 Å². The zero-order chi connectivity index (χ0) is 11.2. The number of hydrogen-bond acceptors (Lipinski definition) is 1. The average Bonchev–Trinajstić information content (AvgIpc) is 3.22. The van der Waals surface area contributed by atoms with Crippen molar-refractivity contribution in [2.75, 3.05) is 18.0 Å². The van der Waals surface area contributed by atoms with Crippen LogP contribution in [0.1, 0.15) is 0 Å². The number of rotatable bonds is 1. The molecule has 4 rings (SSSR count). The third-order valence-corrected chi connectivity index (χ3v) is 3.53. The highest BCUT2D eigenvalue weighted by Crippen LogP contribution is 2.36. The number of benzene rings is 3. The normalized spacial score (nSPS) is 14.5. The van der Waals surface area contributed by atoms with E-state index < -0.39 is 0 Å². The largest absolute Gasteiger partial charge is 0.367 e. The van der Waals surface area contributed by atoms with Gasteiger partial charge in [-0.3, -0.25) is 0 Å². The van der Waals surface area contributed by atoms with Crippen molar-refractivity contribution in [3.05, 3.63) is 54.6 Å². The molecule has 0 radical (unpaired) electrons. The predicted molar refractivity (Wildman–Crippen MR) is 73.7 cm³/mol. The summed E-state index contributed by atoms with van der Waals surface area (Å²) in [4.78, 5) is 2.43. The molecule has 0 saturated carbocycles. The molecule has 1 heteroatoms. The van der Waals surface area contributed by atoms with Crippen LogP contribution in [-0.4, -0.2) is 13.1 Å². The van der Waals surface area contributed by atoms with Crippen LogP contribution in [0.25, 0.3) is 21.5 Å². The van der Waals surface area contributed by atoms with Crippen LogP contribution in [0, 0.1) is 0 Å². The highest BCUT2D eigenvalue weighted by Gasteiger charge is 2.20. The first-order chi connectivity index (χ1) is 8.43. The van der Waals surface area contributed by atoms with E-state index in [9.17, 15) is 0 Å². The fourth-order valence-corrected chi connectivity index (χ4v) is 2.59. The minimum absolute atomic E-state index is 1.20. The number of hydrogen-bond donors (Lipinski definition) is 0. The molecule has 1 heterocycles. The molecule has 0 N–H and O–H groups in total. The first-order valence-electron chi connectivity index (χ1n) is 6.09. The van der Waals surface area contributed by atoms with Gasteiger partial charge in [-0.25, -0.2) is 0 Å². The Bertz CT molecular complexity index is 711. The quantitative estimate of drug-likeness (QED) is 0.444. The summed E-state index contributed by atoms with van der Waals surface area (Å²) in [5.74, 6) is 0. The maximum Gasteiger partial charge on any atom is 0.0453 e. The lowest BCUT2D eigenvalue weighted by molar-refractivity contribution is 1.43. The Morgan fingerprint density at radius 3 is 2.12 bits per heavy atom. The molecule has 82 valence electrons. The van der Waals surface area contributed by atoms with Crippen LogP contribution in [-0.2, 0) is 0 Å². The van der Waals surface area contributed by atoms with Gasteiger partial charge in [0.2, 0.25) is 0 Å². The second kappa shape index (κ2) is 3.24. The molecule has 1 fully saturated rings. The molecule has 0 spiro atoms. The second-order valence-electron chi connectivity index (χ2n) is 4.65. The fraction of sp³-hybridized carbons (Fsp3) is 0.125. The molecule has 0 amide bonds. The Morgan fingerprint density at radius 2 is 1.35 bits per heavy atom. The molecule has 1 aliphatic rings. The van der Waals surface area contributed by atoms with Gasteiger partial charge in [0.1, 0.15) is 0 Å². The molecule has 0 bridgehead atoms. The maximum absolute atomic E-state index is 2.43. The van der Waals surface area contributed by atoms with Crippen LogP contribution >= 0.6 is 0 Å². The van der Waals surface area contributed by atoms with Crippen molar-refractivity contribution in [2.24, 2.45) is 0 Å². The van der Waals surface area contributed by atoms with Gasteiger partial charge in [-0.2, -0.15) is 0 Å². The monoisotopic (exact) mass is 219 g/mol. The standard InChI is InChI=1S/C16H13N/c1-2-6-13-12(5-1)11-16(17-9-10-17)15-8-4-3-7-14(13)15/h1-8,11H,9-10H2. The van der Waals surface area contributed by atoms with E-state index in [1.165, 1.54) is 40.3 Å². The van der Waals surface area contributed by atoms with Gasteiger partial charge in [-0.1, -0.05) is 48.5 Å². The Labute approximate surface area is 100 Å². The molecule has 0 aromatic heterocycles. The Morgan fingerprint density at radius 1 is 0.706 bits per heavy atom. The van der Waals surface area contributed by atoms with Gasteiger partial charge in [0.05, 0.1) is 0 Å². The van der Waals surface area contributed by atoms with E-state index >= 15 is 0 Å². The molecular formula is C16H13N. The summed E-state index contributed by atoms with van der Waals surface area (Å²) in [7, 11) is 0. The topological polar surface area (TPSA) is 3.01 Å². The summed E-state index contributed by atoms with van der Waals surface area (Å²) in [6.45, 7) is 2.39. The van der Waals surface area contributed by atoms with Gasteiger partial charge in [-0.05, 0) is 22.2 Å². The van der Waals surface area contributed by atoms with Gasteiger partial charge < -0.3 is 4.90 Å². The molecule has 0 atom stereocenters. The Kier molecular flexibility index (Phi) is 1.72. The van der Waals surface area contributed by atoms with Crippen molar-refractivity contribution >= 4 is 27.2 Å². The average molecular weight is 219 g/mol. The molecular weight excluding hydrogens is 206 g/mol. The van der Waals surface area contributed by atoms with E-state index in [-0.39, 0.29) is 0 Å². The molecule has 0 aliphatic carbocycles. The predicted octanol–water partition coefficient (Wildman–Crippen LogP) is 3.81. The zero-order valence-electron chi connectivity index (χ0n) is 9.56. The van der Waals surface area contributed by atoms with Crippen molar-refractivity contribution in [3.8, 4) is 0 Å². The summed E-state index contributed by atoms with van der Waals surface area (Å²) >= 11 is 0. The summed E-state index contributed by atoms with van der Waals surface area (Å²) < 4.78 is 0. The van der Waals surface area contributed by atoms with Crippen LogP contribution in [0.4, 0.5) is 5.69 Å². The first kappa shape index (κ1) is 9.06. The van der Waals surface area contributed by atoms with Crippen molar-refractivity contribution in [1.29, 1.82) is 0 Å². The number of anilines is 1. The van der Waals surface area contributed by atoms with Crippen molar-refractivity contribution in [1.82, 2.24) is 0 Å². The van der Waals surface area contributed by atoms with Crippen molar-refractivity contribution in [3.63, 3.8) is 0 Å². The smallest absolute Gasteiger partial charge is 0.0453 e. The van der Waals surface area contributed by atoms with E-state index in [4.69, 9.17) is 0 Å². The van der Waals surface area contributed by atoms with Crippen LogP contribution in [0.3, 0.4) is 0 Å². The summed E-state index contributed by atoms with van der Waals surface area (Å²) in [6.07, 6.45) is 0. The summed E-state index contributed by atoms with van der Waals surface area (Å²) in [5, 5.41) is 5.44. The van der Waals surface area contributed by atoms with Crippen LogP contribution < -0.4 is 4.90 Å². The molecule has 1 aliphatic heterocycles. The van der Waals surface area contributed by atoms with Gasteiger partial charge >= 0.3 is 0 Å². The third-order valence-electron chi connectivity index (χ3n) is 3.53. The fourth-order valence-electron chi connectivity index (χ4n) is 2.59. The van der Waals surface area contributed by atoms with Gasteiger partial charge in [-0.15, -0.1) is 0 Å². The molecule has 3 aromatic carbocycles. The van der Waals surface area contributed by atoms with Crippen LogP contribution in [0.15, 0.2) is 54.6 Å². The minimum Gasteiger partial charge on any atom is -0.367 e. The lowest BCUT2D eigenvalue weighted by atomic mass is 10.0. The van der Waals surface area contributed by atoms with Crippen LogP contribution in [0.5, 0.6) is 0 Å². The Hall–Kier alpha value is -2.02. The minimum atomic E-state index is 1.20. The Balaban J connectivity index is 2.22. The zero-order valence-corrected chi connectivity index (χ0v) is 9.56. The maximum atomic E-state index is 2.43. The summed E-state index contributed by atoms with van der Waals surface area (Å²) in [5.41, 5.74) is 1.39. The number of fused-ring (bicyclic) bond motifs is 3. The molecule has 3 aromatic rings. The van der Waals surface area contributed by atoms with E-state index in [1.54, 1.807) is 0 Å². The van der Waals surface area contributed by atoms with Crippen molar-refractivity contribution < 1.29 is 0 Å². The summed E-state index contributed by atoms with van der Waals surface area (Å²) in [6, 6.07) is 19.7. The van der Waals surface area contributed by atoms with E-state index in [1.807, 2.05) is 0 Å². The highest BCUT2D eigenvalue weighted by molar-refractivity contribution is 6.13. The third kappa shape index (κ3) is 1.32. The molecule has 0 unspecified atom stereocenters. The first-order valence-corrected chi connectivity index (χ1v) is 6.09. The van der Waals surface area contributed by atoms with Gasteiger partial charge in [0.15, 0.2) is 0 Å². The molecule has 1 saturated heterocycles. The SMILES string of the molecule is c1ccc2c(c1)cc(N1CC1)c1ccccc12. The lowest BCUT2D eigenvalue weighted by Gasteiger charge is -2.11. The highest BCUT2D eigenvalue weighted by atomic mass is 15.3. The van der Waals surface area contributed by atoms with E-state index in [0.717, 1.165) is 0 Å².